The molecule has 0 amide bonds. The number of carbonyl (C=O) groups is 1. The first-order valence-electron chi connectivity index (χ1n) is 5.80. The zero-order valence-electron chi connectivity index (χ0n) is 11.2. The Morgan fingerprint density at radius 1 is 1.39 bits per heavy atom. The number of benzene rings is 1. The van der Waals surface area contributed by atoms with Gasteiger partial charge < -0.3 is 4.74 Å². The summed E-state index contributed by atoms with van der Waals surface area (Å²) in [6.45, 7) is 8.10. The Balaban J connectivity index is 3.08. The van der Waals surface area contributed by atoms with Crippen molar-refractivity contribution in [2.24, 2.45) is 0 Å². The molecule has 0 aliphatic rings. The van der Waals surface area contributed by atoms with Gasteiger partial charge in [-0.25, -0.2) is 0 Å². The van der Waals surface area contributed by atoms with Crippen LogP contribution in [0.25, 0.3) is 0 Å². The van der Waals surface area contributed by atoms with E-state index < -0.39 is 0 Å². The van der Waals surface area contributed by atoms with Crippen molar-refractivity contribution in [2.75, 3.05) is 6.07 Å². The average molecular weight is 287 g/mol. The van der Waals surface area contributed by atoms with E-state index in [9.17, 15) is 4.79 Å². The van der Waals surface area contributed by atoms with Crippen LogP contribution in [0, 0.1) is 13.8 Å². The molecule has 0 saturated carbocycles. The molecule has 4 heteroatoms. The highest BCUT2D eigenvalue weighted by atomic mass is 35.5. The fourth-order valence-electron chi connectivity index (χ4n) is 2.39. The third-order valence-electron chi connectivity index (χ3n) is 2.94. The standard InChI is InChI=1S/C14H19ClO2S/c1-9-5-10(2)13(11(18)6-9)14(3,4)7-12(16)17-8-15/h5-6,18H,7-8H2,1-4H3. The minimum absolute atomic E-state index is 0.102. The highest BCUT2D eigenvalue weighted by Gasteiger charge is 2.28. The van der Waals surface area contributed by atoms with Gasteiger partial charge in [-0.05, 0) is 36.6 Å². The Hall–Kier alpha value is -0.670. The van der Waals surface area contributed by atoms with Crippen LogP contribution in [0.2, 0.25) is 0 Å². The lowest BCUT2D eigenvalue weighted by Crippen LogP contribution is -2.25. The van der Waals surface area contributed by atoms with E-state index >= 15 is 0 Å². The number of hydrogen-bond donors (Lipinski definition) is 1. The van der Waals surface area contributed by atoms with Gasteiger partial charge in [0.1, 0.15) is 0 Å². The predicted octanol–water partition coefficient (Wildman–Crippen LogP) is 4.00. The van der Waals surface area contributed by atoms with Crippen LogP contribution in [0.15, 0.2) is 17.0 Å². The van der Waals surface area contributed by atoms with Crippen molar-refractivity contribution >= 4 is 30.2 Å². The van der Waals surface area contributed by atoms with Crippen LogP contribution in [0.3, 0.4) is 0 Å². The monoisotopic (exact) mass is 286 g/mol. The van der Waals surface area contributed by atoms with Crippen molar-refractivity contribution in [3.05, 3.63) is 28.8 Å². The smallest absolute Gasteiger partial charge is 0.307 e. The van der Waals surface area contributed by atoms with E-state index in [1.807, 2.05) is 33.8 Å². The zero-order chi connectivity index (χ0) is 13.9. The van der Waals surface area contributed by atoms with Gasteiger partial charge in [-0.2, -0.15) is 0 Å². The van der Waals surface area contributed by atoms with Crippen molar-refractivity contribution in [2.45, 2.75) is 44.4 Å². The first kappa shape index (κ1) is 15.4. The molecule has 0 fully saturated rings. The Morgan fingerprint density at radius 2 is 2.00 bits per heavy atom. The lowest BCUT2D eigenvalue weighted by atomic mass is 9.79. The second-order valence-corrected chi connectivity index (χ2v) is 5.86. The van der Waals surface area contributed by atoms with E-state index in [-0.39, 0.29) is 23.9 Å². The highest BCUT2D eigenvalue weighted by Crippen LogP contribution is 2.35. The molecule has 0 N–H and O–H groups in total. The molecule has 1 aromatic rings. The maximum atomic E-state index is 11.6. The van der Waals surface area contributed by atoms with Gasteiger partial charge in [0.25, 0.3) is 0 Å². The summed E-state index contributed by atoms with van der Waals surface area (Å²) >= 11 is 9.92. The molecular weight excluding hydrogens is 268 g/mol. The van der Waals surface area contributed by atoms with Crippen molar-refractivity contribution in [3.63, 3.8) is 0 Å². The van der Waals surface area contributed by atoms with Crippen LogP contribution in [0.4, 0.5) is 0 Å². The molecular formula is C14H19ClO2S. The quantitative estimate of drug-likeness (QED) is 0.514. The van der Waals surface area contributed by atoms with Crippen LogP contribution < -0.4 is 0 Å². The second-order valence-electron chi connectivity index (χ2n) is 5.16. The van der Waals surface area contributed by atoms with Crippen LogP contribution in [0.5, 0.6) is 0 Å². The molecule has 0 aromatic heterocycles. The van der Waals surface area contributed by atoms with E-state index in [0.717, 1.165) is 16.0 Å². The minimum Gasteiger partial charge on any atom is -0.449 e. The number of rotatable bonds is 4. The molecule has 0 aliphatic carbocycles. The van der Waals surface area contributed by atoms with Gasteiger partial charge in [-0.3, -0.25) is 4.79 Å². The van der Waals surface area contributed by atoms with Gasteiger partial charge in [0.05, 0.1) is 6.42 Å². The van der Waals surface area contributed by atoms with Gasteiger partial charge in [-0.15, -0.1) is 12.6 Å². The van der Waals surface area contributed by atoms with E-state index in [0.29, 0.717) is 0 Å². The Kier molecular flexibility index (Phi) is 5.11. The maximum Gasteiger partial charge on any atom is 0.307 e. The second kappa shape index (κ2) is 5.98. The summed E-state index contributed by atoms with van der Waals surface area (Å²) in [5.41, 5.74) is 3.07. The lowest BCUT2D eigenvalue weighted by molar-refractivity contribution is -0.142. The molecule has 2 nitrogen and oxygen atoms in total. The molecule has 0 heterocycles. The Morgan fingerprint density at radius 3 is 2.50 bits per heavy atom. The summed E-state index contributed by atoms with van der Waals surface area (Å²) < 4.78 is 4.80. The molecule has 100 valence electrons. The van der Waals surface area contributed by atoms with E-state index in [2.05, 4.69) is 18.7 Å². The summed E-state index contributed by atoms with van der Waals surface area (Å²) in [6.07, 6.45) is 0.289. The number of thiol groups is 1. The normalized spacial score (nSPS) is 11.4. The van der Waals surface area contributed by atoms with Crippen molar-refractivity contribution in [3.8, 4) is 0 Å². The Bertz CT molecular complexity index is 432. The molecule has 18 heavy (non-hydrogen) atoms. The molecule has 0 unspecified atom stereocenters. The largest absolute Gasteiger partial charge is 0.449 e. The van der Waals surface area contributed by atoms with Gasteiger partial charge in [0.2, 0.25) is 0 Å². The third-order valence-corrected chi connectivity index (χ3v) is 3.40. The number of alkyl halides is 1. The summed E-state index contributed by atoms with van der Waals surface area (Å²) in [5.74, 6) is -0.289. The van der Waals surface area contributed by atoms with Gasteiger partial charge in [-0.1, -0.05) is 31.5 Å². The molecule has 0 aliphatic heterocycles. The highest BCUT2D eigenvalue weighted by molar-refractivity contribution is 7.80. The summed E-state index contributed by atoms with van der Waals surface area (Å²) in [5, 5.41) is 0. The van der Waals surface area contributed by atoms with Gasteiger partial charge >= 0.3 is 5.97 Å². The van der Waals surface area contributed by atoms with Crippen LogP contribution in [0.1, 0.15) is 37.0 Å². The molecule has 0 atom stereocenters. The average Bonchev–Trinajstić information content (AvgIpc) is 2.13. The summed E-state index contributed by atoms with van der Waals surface area (Å²) in [6, 6.07) is 4.01. The molecule has 1 rings (SSSR count). The number of aryl methyl sites for hydroxylation is 2. The molecule has 0 radical (unpaired) electrons. The van der Waals surface area contributed by atoms with Crippen molar-refractivity contribution in [1.29, 1.82) is 0 Å². The number of carbonyl (C=O) groups excluding carboxylic acids is 1. The zero-order valence-corrected chi connectivity index (χ0v) is 12.9. The number of esters is 1. The molecule has 1 aromatic carbocycles. The summed E-state index contributed by atoms with van der Waals surface area (Å²) in [7, 11) is 0. The van der Waals surface area contributed by atoms with Crippen LogP contribution in [-0.4, -0.2) is 12.0 Å². The Labute approximate surface area is 119 Å². The number of hydrogen-bond acceptors (Lipinski definition) is 3. The number of halogens is 1. The van der Waals surface area contributed by atoms with E-state index in [4.69, 9.17) is 16.3 Å². The fourth-order valence-corrected chi connectivity index (χ4v) is 3.19. The van der Waals surface area contributed by atoms with Crippen LogP contribution in [-0.2, 0) is 14.9 Å². The summed E-state index contributed by atoms with van der Waals surface area (Å²) in [4.78, 5) is 12.5. The van der Waals surface area contributed by atoms with Crippen LogP contribution >= 0.6 is 24.2 Å². The first-order valence-corrected chi connectivity index (χ1v) is 6.78. The van der Waals surface area contributed by atoms with Gasteiger partial charge in [0, 0.05) is 10.3 Å². The van der Waals surface area contributed by atoms with Gasteiger partial charge in [0.15, 0.2) is 6.07 Å². The molecule has 0 bridgehead atoms. The maximum absolute atomic E-state index is 11.6. The lowest BCUT2D eigenvalue weighted by Gasteiger charge is -2.28. The molecule has 0 saturated heterocycles. The molecule has 0 spiro atoms. The van der Waals surface area contributed by atoms with Crippen molar-refractivity contribution in [1.82, 2.24) is 0 Å². The van der Waals surface area contributed by atoms with E-state index in [1.54, 1.807) is 0 Å². The SMILES string of the molecule is Cc1cc(C)c(C(C)(C)CC(=O)OCCl)c(S)c1. The minimum atomic E-state index is -0.321. The predicted molar refractivity (Wildman–Crippen MR) is 77.6 cm³/mol. The first-order chi connectivity index (χ1) is 8.27. The van der Waals surface area contributed by atoms with E-state index in [1.165, 1.54) is 5.56 Å². The number of ether oxygens (including phenoxy) is 1. The van der Waals surface area contributed by atoms with Crippen molar-refractivity contribution < 1.29 is 9.53 Å². The fraction of sp³-hybridized carbons (Fsp3) is 0.500. The topological polar surface area (TPSA) is 26.3 Å². The third kappa shape index (κ3) is 3.66.